The summed E-state index contributed by atoms with van der Waals surface area (Å²) < 4.78 is 0. The number of nitrogens with zero attached hydrogens (tertiary/aromatic N) is 2. The molecule has 2 atom stereocenters. The zero-order chi connectivity index (χ0) is 19.8. The highest BCUT2D eigenvalue weighted by Crippen LogP contribution is 2.43. The van der Waals surface area contributed by atoms with E-state index in [9.17, 15) is 9.90 Å². The summed E-state index contributed by atoms with van der Waals surface area (Å²) in [4.78, 5) is 12.9. The van der Waals surface area contributed by atoms with Crippen LogP contribution in [0.1, 0.15) is 39.0 Å². The van der Waals surface area contributed by atoms with Gasteiger partial charge in [-0.1, -0.05) is 84.9 Å². The predicted octanol–water partition coefficient (Wildman–Crippen LogP) is 6.03. The number of allylic oxidation sites excluding steroid dienone is 1. The van der Waals surface area contributed by atoms with Gasteiger partial charge in [-0.3, -0.25) is 4.79 Å². The number of benzene rings is 3. The molecule has 0 saturated heterocycles. The molecule has 4 nitrogen and oxygen atoms in total. The lowest BCUT2D eigenvalue weighted by molar-refractivity contribution is 0.103. The van der Waals surface area contributed by atoms with E-state index in [1.54, 1.807) is 24.3 Å². The van der Waals surface area contributed by atoms with Crippen LogP contribution in [0.4, 0.5) is 0 Å². The van der Waals surface area contributed by atoms with Crippen molar-refractivity contribution in [2.75, 3.05) is 0 Å². The van der Waals surface area contributed by atoms with Gasteiger partial charge in [0, 0.05) is 17.0 Å². The molecule has 140 valence electrons. The third-order valence-electron chi connectivity index (χ3n) is 5.44. The van der Waals surface area contributed by atoms with Gasteiger partial charge in [-0.05, 0) is 17.2 Å². The summed E-state index contributed by atoms with van der Waals surface area (Å²) in [5.41, 5.74) is 3.83. The molecule has 3 aromatic carbocycles. The molecular weight excluding hydrogens is 360 g/mol. The lowest BCUT2D eigenvalue weighted by Gasteiger charge is -2.25. The molecule has 29 heavy (non-hydrogen) atoms. The minimum Gasteiger partial charge on any atom is -0.506 e. The molecule has 1 heterocycles. The van der Waals surface area contributed by atoms with Gasteiger partial charge in [0.05, 0.1) is 11.3 Å². The smallest absolute Gasteiger partial charge is 0.199 e. The van der Waals surface area contributed by atoms with Crippen molar-refractivity contribution in [1.29, 1.82) is 0 Å². The highest BCUT2D eigenvalue weighted by Gasteiger charge is 2.35. The first kappa shape index (κ1) is 17.3. The number of hydrogen-bond donors (Lipinski definition) is 1. The normalized spacial score (nSPS) is 20.6. The highest BCUT2D eigenvalue weighted by molar-refractivity contribution is 6.22. The molecule has 0 unspecified atom stereocenters. The number of aliphatic hydroxyl groups is 1. The van der Waals surface area contributed by atoms with Crippen molar-refractivity contribution in [3.63, 3.8) is 0 Å². The van der Waals surface area contributed by atoms with Crippen LogP contribution in [0.2, 0.25) is 0 Å². The van der Waals surface area contributed by atoms with Crippen LogP contribution in [0.3, 0.4) is 0 Å². The van der Waals surface area contributed by atoms with E-state index >= 15 is 0 Å². The van der Waals surface area contributed by atoms with Crippen LogP contribution in [0.5, 0.6) is 0 Å². The van der Waals surface area contributed by atoms with Crippen LogP contribution in [-0.4, -0.2) is 10.9 Å². The fourth-order valence-corrected chi connectivity index (χ4v) is 4.00. The van der Waals surface area contributed by atoms with Gasteiger partial charge in [0.2, 0.25) is 0 Å². The molecule has 2 aliphatic rings. The standard InChI is InChI=1S/C25H18N2O2/c28-24-18-13-7-8-14-19(18)25(29)22(24)21-15-20(16-9-3-1-4-10-16)23(27-26-21)17-11-5-2-6-12-17/h1-15,20,23,28H/t20-,23+/m0/s1. The van der Waals surface area contributed by atoms with E-state index in [1.807, 2.05) is 54.6 Å². The molecule has 1 aliphatic carbocycles. The first-order valence-electron chi connectivity index (χ1n) is 9.54. The summed E-state index contributed by atoms with van der Waals surface area (Å²) in [6.07, 6.45) is 1.95. The van der Waals surface area contributed by atoms with E-state index in [-0.39, 0.29) is 29.1 Å². The van der Waals surface area contributed by atoms with Gasteiger partial charge in [-0.15, -0.1) is 0 Å². The van der Waals surface area contributed by atoms with E-state index in [4.69, 9.17) is 0 Å². The molecule has 0 saturated carbocycles. The van der Waals surface area contributed by atoms with Gasteiger partial charge in [-0.2, -0.15) is 10.2 Å². The molecule has 4 heteroatoms. The highest BCUT2D eigenvalue weighted by atomic mass is 16.3. The molecule has 5 rings (SSSR count). The SMILES string of the molecule is O=C1C(C2=C[C@@H](c3ccccc3)[C@@H](c3ccccc3)N=N2)=C(O)c2ccccc21. The summed E-state index contributed by atoms with van der Waals surface area (Å²) in [6, 6.07) is 26.9. The molecule has 0 aromatic heterocycles. The van der Waals surface area contributed by atoms with E-state index in [2.05, 4.69) is 22.4 Å². The molecule has 0 spiro atoms. The Bertz CT molecular complexity index is 1180. The monoisotopic (exact) mass is 378 g/mol. The lowest BCUT2D eigenvalue weighted by Crippen LogP contribution is -2.13. The van der Waals surface area contributed by atoms with Crippen molar-refractivity contribution < 1.29 is 9.90 Å². The Labute approximate surface area is 168 Å². The van der Waals surface area contributed by atoms with Crippen LogP contribution in [0.25, 0.3) is 5.76 Å². The Balaban J connectivity index is 1.61. The van der Waals surface area contributed by atoms with Gasteiger partial charge in [0.25, 0.3) is 0 Å². The van der Waals surface area contributed by atoms with Crippen molar-refractivity contribution in [2.45, 2.75) is 12.0 Å². The number of carbonyl (C=O) groups is 1. The van der Waals surface area contributed by atoms with Crippen LogP contribution < -0.4 is 0 Å². The summed E-state index contributed by atoms with van der Waals surface area (Å²) in [7, 11) is 0. The third kappa shape index (κ3) is 2.90. The maximum absolute atomic E-state index is 12.9. The van der Waals surface area contributed by atoms with Crippen molar-refractivity contribution in [3.8, 4) is 0 Å². The molecular formula is C25H18N2O2. The Morgan fingerprint density at radius 2 is 1.31 bits per heavy atom. The molecule has 0 radical (unpaired) electrons. The largest absolute Gasteiger partial charge is 0.506 e. The van der Waals surface area contributed by atoms with Crippen LogP contribution in [-0.2, 0) is 0 Å². The minimum atomic E-state index is -0.215. The van der Waals surface area contributed by atoms with E-state index in [0.717, 1.165) is 11.1 Å². The Morgan fingerprint density at radius 3 is 1.97 bits per heavy atom. The fraction of sp³-hybridized carbons (Fsp3) is 0.0800. The minimum absolute atomic E-state index is 0.0271. The second-order valence-corrected chi connectivity index (χ2v) is 7.16. The summed E-state index contributed by atoms with van der Waals surface area (Å²) in [5, 5.41) is 19.7. The number of carbonyl (C=O) groups excluding carboxylic acids is 1. The lowest BCUT2D eigenvalue weighted by atomic mass is 9.85. The second-order valence-electron chi connectivity index (χ2n) is 7.16. The topological polar surface area (TPSA) is 62.0 Å². The number of Topliss-reactive ketones (excluding diaryl/α,β-unsaturated/α-hetero) is 1. The summed E-state index contributed by atoms with van der Waals surface area (Å²) in [5.74, 6) is -0.336. The van der Waals surface area contributed by atoms with Crippen LogP contribution >= 0.6 is 0 Å². The van der Waals surface area contributed by atoms with Gasteiger partial charge < -0.3 is 5.11 Å². The average molecular weight is 378 g/mol. The van der Waals surface area contributed by atoms with Gasteiger partial charge in [0.1, 0.15) is 11.8 Å². The second kappa shape index (κ2) is 6.99. The van der Waals surface area contributed by atoms with E-state index in [1.165, 1.54) is 0 Å². The molecule has 1 aliphatic heterocycles. The van der Waals surface area contributed by atoms with Crippen molar-refractivity contribution in [1.82, 2.24) is 0 Å². The van der Waals surface area contributed by atoms with Crippen LogP contribution in [0, 0.1) is 0 Å². The first-order chi connectivity index (χ1) is 14.2. The van der Waals surface area contributed by atoms with Gasteiger partial charge >= 0.3 is 0 Å². The summed E-state index contributed by atoms with van der Waals surface area (Å²) in [6.45, 7) is 0. The van der Waals surface area contributed by atoms with Crippen molar-refractivity contribution in [2.24, 2.45) is 10.2 Å². The van der Waals surface area contributed by atoms with Crippen molar-refractivity contribution in [3.05, 3.63) is 125 Å². The number of fused-ring (bicyclic) bond motifs is 1. The van der Waals surface area contributed by atoms with Crippen LogP contribution in [0.15, 0.2) is 113 Å². The van der Waals surface area contributed by atoms with Gasteiger partial charge in [-0.25, -0.2) is 0 Å². The zero-order valence-corrected chi connectivity index (χ0v) is 15.6. The van der Waals surface area contributed by atoms with E-state index in [0.29, 0.717) is 16.8 Å². The number of azo groups is 1. The zero-order valence-electron chi connectivity index (χ0n) is 15.6. The molecule has 0 fully saturated rings. The number of hydrogen-bond acceptors (Lipinski definition) is 4. The Morgan fingerprint density at radius 1 is 0.724 bits per heavy atom. The number of ketones is 1. The molecule has 0 bridgehead atoms. The maximum Gasteiger partial charge on any atom is 0.199 e. The molecule has 3 aromatic rings. The molecule has 1 N–H and O–H groups in total. The predicted molar refractivity (Wildman–Crippen MR) is 112 cm³/mol. The Hall–Kier alpha value is -3.79. The Kier molecular flexibility index (Phi) is 4.17. The average Bonchev–Trinajstić information content (AvgIpc) is 3.05. The number of aliphatic hydroxyl groups excluding tert-OH is 1. The summed E-state index contributed by atoms with van der Waals surface area (Å²) >= 11 is 0. The third-order valence-corrected chi connectivity index (χ3v) is 5.44. The quantitative estimate of drug-likeness (QED) is 0.605. The van der Waals surface area contributed by atoms with Crippen molar-refractivity contribution >= 4 is 11.5 Å². The molecule has 0 amide bonds. The maximum atomic E-state index is 12.9. The van der Waals surface area contributed by atoms with E-state index < -0.39 is 0 Å². The van der Waals surface area contributed by atoms with Gasteiger partial charge in [0.15, 0.2) is 5.78 Å². The fourth-order valence-electron chi connectivity index (χ4n) is 4.00. The number of rotatable bonds is 3. The first-order valence-corrected chi connectivity index (χ1v) is 9.54.